The number of aromatic nitrogens is 2. The number of aromatic amines is 1. The first kappa shape index (κ1) is 20.9. The Kier molecular flexibility index (Phi) is 5.90. The molecule has 0 aliphatic heterocycles. The van der Waals surface area contributed by atoms with Crippen molar-refractivity contribution in [1.82, 2.24) is 15.3 Å². The van der Waals surface area contributed by atoms with Gasteiger partial charge in [-0.3, -0.25) is 9.59 Å². The molecule has 2 aromatic carbocycles. The highest BCUT2D eigenvalue weighted by molar-refractivity contribution is 7.22. The number of methoxy groups -OCH3 is 1. The Morgan fingerprint density at radius 1 is 1.13 bits per heavy atom. The van der Waals surface area contributed by atoms with Gasteiger partial charge in [-0.1, -0.05) is 49.4 Å². The number of hydrogen-bond donors (Lipinski definition) is 3. The van der Waals surface area contributed by atoms with Crippen LogP contribution in [0.1, 0.15) is 19.4 Å². The predicted molar refractivity (Wildman–Crippen MR) is 124 cm³/mol. The van der Waals surface area contributed by atoms with Crippen molar-refractivity contribution in [1.29, 1.82) is 0 Å². The second-order valence-electron chi connectivity index (χ2n) is 7.59. The first-order valence-electron chi connectivity index (χ1n) is 10.1. The van der Waals surface area contributed by atoms with Gasteiger partial charge in [-0.05, 0) is 23.8 Å². The molecule has 0 bridgehead atoms. The molecule has 3 N–H and O–H groups in total. The van der Waals surface area contributed by atoms with Crippen molar-refractivity contribution >= 4 is 49.4 Å². The van der Waals surface area contributed by atoms with Crippen molar-refractivity contribution in [2.75, 3.05) is 12.4 Å². The summed E-state index contributed by atoms with van der Waals surface area (Å²) in [5.41, 5.74) is 2.65. The summed E-state index contributed by atoms with van der Waals surface area (Å²) >= 11 is 1.37. The molecule has 2 aromatic heterocycles. The van der Waals surface area contributed by atoms with Crippen LogP contribution in [0.2, 0.25) is 0 Å². The summed E-state index contributed by atoms with van der Waals surface area (Å²) in [6, 6.07) is 12.8. The van der Waals surface area contributed by atoms with Crippen LogP contribution in [-0.2, 0) is 16.0 Å². The third kappa shape index (κ3) is 4.39. The van der Waals surface area contributed by atoms with E-state index >= 15 is 0 Å². The van der Waals surface area contributed by atoms with Crippen LogP contribution >= 0.6 is 11.3 Å². The SMILES string of the molecule is COc1cccc2sc(NC(=O)C(Cc3c[nH]c4ccccc34)NC(=O)C(C)C)nc12. The van der Waals surface area contributed by atoms with Gasteiger partial charge in [0.15, 0.2) is 5.13 Å². The maximum atomic E-state index is 13.2. The first-order valence-corrected chi connectivity index (χ1v) is 10.9. The van der Waals surface area contributed by atoms with Crippen LogP contribution < -0.4 is 15.4 Å². The first-order chi connectivity index (χ1) is 15.0. The molecule has 7 nitrogen and oxygen atoms in total. The normalized spacial score (nSPS) is 12.3. The Labute approximate surface area is 183 Å². The van der Waals surface area contributed by atoms with Crippen molar-refractivity contribution in [3.05, 3.63) is 54.2 Å². The zero-order valence-corrected chi connectivity index (χ0v) is 18.4. The van der Waals surface area contributed by atoms with E-state index in [0.717, 1.165) is 21.2 Å². The second-order valence-corrected chi connectivity index (χ2v) is 8.63. The quantitative estimate of drug-likeness (QED) is 0.406. The van der Waals surface area contributed by atoms with Gasteiger partial charge >= 0.3 is 0 Å². The molecule has 4 rings (SSSR count). The highest BCUT2D eigenvalue weighted by Gasteiger charge is 2.25. The van der Waals surface area contributed by atoms with Gasteiger partial charge < -0.3 is 20.4 Å². The number of fused-ring (bicyclic) bond motifs is 2. The Balaban J connectivity index is 1.60. The minimum Gasteiger partial charge on any atom is -0.494 e. The molecule has 4 aromatic rings. The van der Waals surface area contributed by atoms with Gasteiger partial charge in [-0.25, -0.2) is 4.98 Å². The molecule has 1 unspecified atom stereocenters. The van der Waals surface area contributed by atoms with Gasteiger partial charge in [0.2, 0.25) is 11.8 Å². The highest BCUT2D eigenvalue weighted by atomic mass is 32.1. The molecule has 8 heteroatoms. The molecular formula is C23H24N4O3S. The fourth-order valence-corrected chi connectivity index (χ4v) is 4.29. The van der Waals surface area contributed by atoms with Gasteiger partial charge in [-0.2, -0.15) is 0 Å². The van der Waals surface area contributed by atoms with Crippen molar-refractivity contribution in [2.45, 2.75) is 26.3 Å². The fraction of sp³-hybridized carbons (Fsp3) is 0.261. The van der Waals surface area contributed by atoms with E-state index in [1.54, 1.807) is 21.0 Å². The average Bonchev–Trinajstić information content (AvgIpc) is 3.36. The number of para-hydroxylation sites is 2. The van der Waals surface area contributed by atoms with E-state index in [-0.39, 0.29) is 17.7 Å². The predicted octanol–water partition coefficient (Wildman–Crippen LogP) is 4.11. The summed E-state index contributed by atoms with van der Waals surface area (Å²) in [6.07, 6.45) is 2.25. The van der Waals surface area contributed by atoms with Crippen LogP contribution in [0.25, 0.3) is 21.1 Å². The summed E-state index contributed by atoms with van der Waals surface area (Å²) in [5, 5.41) is 7.25. The standard InChI is InChI=1S/C23H24N4O3S/c1-13(2)21(28)25-17(11-14-12-24-16-8-5-4-7-15(14)16)22(29)27-23-26-20-18(30-3)9-6-10-19(20)31-23/h4-10,12-13,17,24H,11H2,1-3H3,(H,25,28)(H,26,27,29). The summed E-state index contributed by atoms with van der Waals surface area (Å²) in [6.45, 7) is 3.60. The van der Waals surface area contributed by atoms with Crippen molar-refractivity contribution in [3.63, 3.8) is 0 Å². The van der Waals surface area contributed by atoms with E-state index in [0.29, 0.717) is 22.8 Å². The molecule has 0 saturated heterocycles. The maximum Gasteiger partial charge on any atom is 0.249 e. The molecule has 0 fully saturated rings. The van der Waals surface area contributed by atoms with Crippen LogP contribution in [0.4, 0.5) is 5.13 Å². The molecule has 0 radical (unpaired) electrons. The average molecular weight is 437 g/mol. The summed E-state index contributed by atoms with van der Waals surface area (Å²) in [7, 11) is 1.59. The van der Waals surface area contributed by atoms with E-state index in [2.05, 4.69) is 20.6 Å². The molecule has 2 amide bonds. The minimum absolute atomic E-state index is 0.175. The Morgan fingerprint density at radius 3 is 2.71 bits per heavy atom. The lowest BCUT2D eigenvalue weighted by Gasteiger charge is -2.19. The number of H-pyrrole nitrogens is 1. The van der Waals surface area contributed by atoms with Gasteiger partial charge in [-0.15, -0.1) is 0 Å². The molecule has 0 saturated carbocycles. The third-order valence-electron chi connectivity index (χ3n) is 5.09. The minimum atomic E-state index is -0.733. The number of thiazole rings is 1. The third-order valence-corrected chi connectivity index (χ3v) is 6.02. The van der Waals surface area contributed by atoms with Crippen LogP contribution in [0, 0.1) is 5.92 Å². The number of hydrogen-bond acceptors (Lipinski definition) is 5. The summed E-state index contributed by atoms with van der Waals surface area (Å²) < 4.78 is 6.27. The Hall–Kier alpha value is -3.39. The lowest BCUT2D eigenvalue weighted by molar-refractivity contribution is -0.128. The number of carbonyl (C=O) groups excluding carboxylic acids is 2. The lowest BCUT2D eigenvalue weighted by atomic mass is 10.0. The number of nitrogens with zero attached hydrogens (tertiary/aromatic N) is 1. The largest absolute Gasteiger partial charge is 0.494 e. The van der Waals surface area contributed by atoms with E-state index < -0.39 is 6.04 Å². The van der Waals surface area contributed by atoms with Crippen LogP contribution in [0.3, 0.4) is 0 Å². The van der Waals surface area contributed by atoms with Gasteiger partial charge in [0.1, 0.15) is 17.3 Å². The number of carbonyl (C=O) groups is 2. The number of nitrogens with one attached hydrogen (secondary N) is 3. The van der Waals surface area contributed by atoms with E-state index in [1.807, 2.05) is 48.7 Å². The van der Waals surface area contributed by atoms with Crippen molar-refractivity contribution in [2.24, 2.45) is 5.92 Å². The fourth-order valence-electron chi connectivity index (χ4n) is 3.40. The van der Waals surface area contributed by atoms with Crippen LogP contribution in [-0.4, -0.2) is 34.9 Å². The molecule has 0 aliphatic rings. The van der Waals surface area contributed by atoms with Gasteiger partial charge in [0.05, 0.1) is 11.8 Å². The topological polar surface area (TPSA) is 96.1 Å². The number of ether oxygens (including phenoxy) is 1. The molecule has 31 heavy (non-hydrogen) atoms. The monoisotopic (exact) mass is 436 g/mol. The number of rotatable bonds is 7. The van der Waals surface area contributed by atoms with E-state index in [1.165, 1.54) is 11.3 Å². The van der Waals surface area contributed by atoms with Crippen LogP contribution in [0.15, 0.2) is 48.7 Å². The smallest absolute Gasteiger partial charge is 0.249 e. The van der Waals surface area contributed by atoms with Crippen molar-refractivity contribution < 1.29 is 14.3 Å². The molecular weight excluding hydrogens is 412 g/mol. The molecule has 160 valence electrons. The Morgan fingerprint density at radius 2 is 1.94 bits per heavy atom. The number of benzene rings is 2. The zero-order valence-electron chi connectivity index (χ0n) is 17.6. The maximum absolute atomic E-state index is 13.2. The summed E-state index contributed by atoms with van der Waals surface area (Å²) in [4.78, 5) is 33.3. The molecule has 2 heterocycles. The zero-order chi connectivity index (χ0) is 22.0. The lowest BCUT2D eigenvalue weighted by Crippen LogP contribution is -2.46. The van der Waals surface area contributed by atoms with Gasteiger partial charge in [0, 0.05) is 29.4 Å². The van der Waals surface area contributed by atoms with E-state index in [4.69, 9.17) is 4.74 Å². The molecule has 1 atom stereocenters. The Bertz CT molecular complexity index is 1240. The number of anilines is 1. The second kappa shape index (κ2) is 8.77. The van der Waals surface area contributed by atoms with Crippen molar-refractivity contribution in [3.8, 4) is 5.75 Å². The number of amides is 2. The summed E-state index contributed by atoms with van der Waals surface area (Å²) in [5.74, 6) is -0.0639. The highest BCUT2D eigenvalue weighted by Crippen LogP contribution is 2.32. The van der Waals surface area contributed by atoms with E-state index in [9.17, 15) is 9.59 Å². The van der Waals surface area contributed by atoms with Crippen LogP contribution in [0.5, 0.6) is 5.75 Å². The van der Waals surface area contributed by atoms with Gasteiger partial charge in [0.25, 0.3) is 0 Å². The molecule has 0 spiro atoms. The molecule has 0 aliphatic carbocycles.